The van der Waals surface area contributed by atoms with Crippen LogP contribution in [0.15, 0.2) is 35.4 Å². The summed E-state index contributed by atoms with van der Waals surface area (Å²) in [6, 6.07) is -0.361. The van der Waals surface area contributed by atoms with E-state index in [1.54, 1.807) is 18.0 Å². The molecule has 1 saturated heterocycles. The maximum Gasteiger partial charge on any atom is 0.417 e. The van der Waals surface area contributed by atoms with E-state index in [4.69, 9.17) is 31.5 Å². The molecule has 5 rings (SSSR count). The maximum absolute atomic E-state index is 13.0. The van der Waals surface area contributed by atoms with Crippen molar-refractivity contribution in [1.82, 2.24) is 29.7 Å². The molecule has 0 bridgehead atoms. The molecule has 3 aliphatic rings. The third kappa shape index (κ3) is 6.89. The average molecular weight is 642 g/mol. The van der Waals surface area contributed by atoms with Crippen molar-refractivity contribution >= 4 is 34.5 Å². The van der Waals surface area contributed by atoms with Crippen LogP contribution >= 0.6 is 11.6 Å². The molecule has 2 fully saturated rings. The van der Waals surface area contributed by atoms with Gasteiger partial charge in [0, 0.05) is 32.2 Å². The highest BCUT2D eigenvalue weighted by Crippen LogP contribution is 2.41. The number of nitrogens with one attached hydrogen (secondary N) is 1. The minimum Gasteiger partial charge on any atom is -0.382 e. The Bertz CT molecular complexity index is 1420. The van der Waals surface area contributed by atoms with Gasteiger partial charge in [-0.25, -0.2) is 15.0 Å². The number of halogens is 4. The minimum atomic E-state index is -4.55. The maximum atomic E-state index is 13.0. The monoisotopic (exact) mass is 641 g/mol. The Hall–Kier alpha value is -2.78. The number of rotatable bonds is 11. The number of hydrogen-bond donors (Lipinski definition) is 2. The summed E-state index contributed by atoms with van der Waals surface area (Å²) in [5.74, 6) is -0.570. The lowest BCUT2D eigenvalue weighted by Crippen LogP contribution is -2.53. The van der Waals surface area contributed by atoms with Gasteiger partial charge in [-0.2, -0.15) is 13.2 Å². The Morgan fingerprint density at radius 2 is 1.98 bits per heavy atom. The molecular weight excluding hydrogens is 603 g/mol. The average Bonchev–Trinajstić information content (AvgIpc) is 3.59. The van der Waals surface area contributed by atoms with Gasteiger partial charge < -0.3 is 25.3 Å². The molecule has 44 heavy (non-hydrogen) atoms. The van der Waals surface area contributed by atoms with E-state index in [9.17, 15) is 18.0 Å². The summed E-state index contributed by atoms with van der Waals surface area (Å²) in [4.78, 5) is 27.7. The van der Waals surface area contributed by atoms with Crippen LogP contribution in [-0.4, -0.2) is 86.3 Å². The second-order valence-electron chi connectivity index (χ2n) is 12.4. The number of imidazole rings is 1. The Morgan fingerprint density at radius 3 is 2.61 bits per heavy atom. The van der Waals surface area contributed by atoms with Crippen LogP contribution in [0.25, 0.3) is 11.2 Å². The SMILES string of the molecule is CO[C@H](CN(C(C)C)[C@H]1C[C@H](CCC(=O)NC2C=C(Cl)C(C(F)(F)F)=C2)C1)[C@H]1OC(C)(C)O[C@H]1n1cnc2c(N)ncnc21. The number of aromatic nitrogens is 4. The lowest BCUT2D eigenvalue weighted by Gasteiger charge is -2.46. The molecular formula is C29H39ClF3N7O4. The van der Waals surface area contributed by atoms with E-state index in [1.807, 2.05) is 13.8 Å². The number of alkyl halides is 3. The first-order chi connectivity index (χ1) is 20.7. The number of fused-ring (bicyclic) bond motifs is 1. The van der Waals surface area contributed by atoms with Gasteiger partial charge in [-0.1, -0.05) is 11.6 Å². The third-order valence-electron chi connectivity index (χ3n) is 8.51. The van der Waals surface area contributed by atoms with Gasteiger partial charge in [0.2, 0.25) is 5.91 Å². The molecule has 1 aliphatic heterocycles. The first kappa shape index (κ1) is 32.6. The molecule has 1 amide bonds. The molecule has 1 unspecified atom stereocenters. The predicted molar refractivity (Wildman–Crippen MR) is 157 cm³/mol. The van der Waals surface area contributed by atoms with Crippen LogP contribution in [-0.2, 0) is 19.0 Å². The van der Waals surface area contributed by atoms with Gasteiger partial charge in [-0.3, -0.25) is 14.3 Å². The summed E-state index contributed by atoms with van der Waals surface area (Å²) >= 11 is 5.72. The van der Waals surface area contributed by atoms with Gasteiger partial charge in [-0.05, 0) is 65.0 Å². The Kier molecular flexibility index (Phi) is 9.30. The Labute approximate surface area is 259 Å². The van der Waals surface area contributed by atoms with Crippen molar-refractivity contribution < 1.29 is 32.2 Å². The molecule has 4 atom stereocenters. The van der Waals surface area contributed by atoms with Gasteiger partial charge in [0.25, 0.3) is 0 Å². The fourth-order valence-electron chi connectivity index (χ4n) is 6.27. The first-order valence-electron chi connectivity index (χ1n) is 14.7. The Morgan fingerprint density at radius 1 is 1.25 bits per heavy atom. The normalized spacial score (nSPS) is 27.5. The molecule has 3 heterocycles. The molecule has 0 aromatic carbocycles. The number of anilines is 1. The van der Waals surface area contributed by atoms with Crippen molar-refractivity contribution in [3.05, 3.63) is 35.4 Å². The topological polar surface area (TPSA) is 130 Å². The van der Waals surface area contributed by atoms with Crippen molar-refractivity contribution in [2.24, 2.45) is 5.92 Å². The molecule has 15 heteroatoms. The number of amides is 1. The quantitative estimate of drug-likeness (QED) is 0.365. The fraction of sp³-hybridized carbons (Fsp3) is 0.655. The van der Waals surface area contributed by atoms with E-state index in [0.717, 1.165) is 18.9 Å². The summed E-state index contributed by atoms with van der Waals surface area (Å²) in [5.41, 5.74) is 6.11. The highest BCUT2D eigenvalue weighted by molar-refractivity contribution is 6.32. The number of nitrogens with zero attached hydrogens (tertiary/aromatic N) is 5. The highest BCUT2D eigenvalue weighted by atomic mass is 35.5. The lowest BCUT2D eigenvalue weighted by atomic mass is 9.76. The number of carbonyl (C=O) groups excluding carboxylic acids is 1. The van der Waals surface area contributed by atoms with E-state index in [1.165, 1.54) is 12.4 Å². The van der Waals surface area contributed by atoms with Gasteiger partial charge in [0.05, 0.1) is 23.0 Å². The molecule has 0 spiro atoms. The van der Waals surface area contributed by atoms with Gasteiger partial charge in [0.1, 0.15) is 24.1 Å². The molecule has 2 aromatic heterocycles. The van der Waals surface area contributed by atoms with Crippen LogP contribution in [0, 0.1) is 5.92 Å². The number of ether oxygens (including phenoxy) is 3. The third-order valence-corrected chi connectivity index (χ3v) is 8.84. The van der Waals surface area contributed by atoms with Crippen LogP contribution in [0.3, 0.4) is 0 Å². The van der Waals surface area contributed by atoms with E-state index in [-0.39, 0.29) is 36.3 Å². The zero-order chi connectivity index (χ0) is 32.0. The van der Waals surface area contributed by atoms with Crippen LogP contribution < -0.4 is 11.1 Å². The molecule has 0 radical (unpaired) electrons. The van der Waals surface area contributed by atoms with Crippen molar-refractivity contribution in [2.45, 2.75) is 102 Å². The molecule has 242 valence electrons. The number of nitrogen functional groups attached to an aromatic ring is 1. The van der Waals surface area contributed by atoms with Crippen molar-refractivity contribution in [3.63, 3.8) is 0 Å². The fourth-order valence-corrected chi connectivity index (χ4v) is 6.58. The standard InChI is InChI=1S/C29H39ClF3N7O4/c1-15(2)39(18-8-16(9-18)6-7-22(41)38-17-10-19(20(30)11-17)29(31,32)33)12-21(42-5)24-27(44-28(3,4)43-24)40-14-37-23-25(34)35-13-36-26(23)40/h10-11,13-18,21,24,27H,6-9,12H2,1-5H3,(H,38,41)(H2,34,35,36)/t16-,17?,18-,21-,24-,27-/m1/s1. The Balaban J connectivity index is 1.18. The van der Waals surface area contributed by atoms with Crippen LogP contribution in [0.5, 0.6) is 0 Å². The number of nitrogens with two attached hydrogens (primary N) is 1. The molecule has 2 aliphatic carbocycles. The van der Waals surface area contributed by atoms with Gasteiger partial charge >= 0.3 is 6.18 Å². The summed E-state index contributed by atoms with van der Waals surface area (Å²) in [6.07, 6.45) is 1.88. The summed E-state index contributed by atoms with van der Waals surface area (Å²) < 4.78 is 59.6. The predicted octanol–water partition coefficient (Wildman–Crippen LogP) is 4.45. The van der Waals surface area contributed by atoms with Gasteiger partial charge in [0.15, 0.2) is 23.5 Å². The number of allylic oxidation sites excluding steroid dienone is 2. The van der Waals surface area contributed by atoms with Crippen molar-refractivity contribution in [2.75, 3.05) is 19.4 Å². The zero-order valence-corrected chi connectivity index (χ0v) is 26.1. The van der Waals surface area contributed by atoms with Crippen LogP contribution in [0.4, 0.5) is 19.0 Å². The summed E-state index contributed by atoms with van der Waals surface area (Å²) in [6.45, 7) is 8.55. The minimum absolute atomic E-state index is 0.214. The second-order valence-corrected chi connectivity index (χ2v) is 12.8. The van der Waals surface area contributed by atoms with E-state index in [2.05, 4.69) is 39.0 Å². The van der Waals surface area contributed by atoms with E-state index < -0.39 is 40.9 Å². The highest BCUT2D eigenvalue weighted by Gasteiger charge is 2.48. The van der Waals surface area contributed by atoms with Crippen LogP contribution in [0.2, 0.25) is 0 Å². The zero-order valence-electron chi connectivity index (χ0n) is 25.3. The molecule has 1 saturated carbocycles. The van der Waals surface area contributed by atoms with Crippen molar-refractivity contribution in [3.8, 4) is 0 Å². The summed E-state index contributed by atoms with van der Waals surface area (Å²) in [5, 5.41) is 2.22. The van der Waals surface area contributed by atoms with E-state index in [0.29, 0.717) is 30.0 Å². The van der Waals surface area contributed by atoms with Crippen molar-refractivity contribution in [1.29, 1.82) is 0 Å². The smallest absolute Gasteiger partial charge is 0.382 e. The summed E-state index contributed by atoms with van der Waals surface area (Å²) in [7, 11) is 1.66. The number of carbonyl (C=O) groups is 1. The molecule has 3 N–H and O–H groups in total. The molecule has 11 nitrogen and oxygen atoms in total. The number of hydrogen-bond acceptors (Lipinski definition) is 9. The van der Waals surface area contributed by atoms with E-state index >= 15 is 0 Å². The van der Waals surface area contributed by atoms with Gasteiger partial charge in [-0.15, -0.1) is 0 Å². The number of methoxy groups -OCH3 is 1. The van der Waals surface area contributed by atoms with Crippen LogP contribution in [0.1, 0.15) is 59.6 Å². The second kappa shape index (κ2) is 12.5. The first-order valence-corrected chi connectivity index (χ1v) is 15.1. The lowest BCUT2D eigenvalue weighted by molar-refractivity contribution is -0.163. The molecule has 2 aromatic rings. The largest absolute Gasteiger partial charge is 0.417 e.